The van der Waals surface area contributed by atoms with Crippen LogP contribution in [-0.2, 0) is 10.0 Å². The molecule has 2 heterocycles. The van der Waals surface area contributed by atoms with Gasteiger partial charge in [-0.25, -0.2) is 8.42 Å². The van der Waals surface area contributed by atoms with Gasteiger partial charge in [0.2, 0.25) is 10.0 Å². The Labute approximate surface area is 109 Å². The second-order valence-electron chi connectivity index (χ2n) is 4.30. The highest BCUT2D eigenvalue weighted by Gasteiger charge is 2.32. The van der Waals surface area contributed by atoms with Crippen LogP contribution in [0, 0.1) is 0 Å². The molecular formula is C10H12N4O2S2. The van der Waals surface area contributed by atoms with Crippen LogP contribution in [0.4, 0.5) is 0 Å². The van der Waals surface area contributed by atoms with E-state index in [-0.39, 0.29) is 10.9 Å². The molecular weight excluding hydrogens is 272 g/mol. The summed E-state index contributed by atoms with van der Waals surface area (Å²) in [6, 6.07) is 4.94. The van der Waals surface area contributed by atoms with Crippen molar-refractivity contribution in [1.82, 2.24) is 13.1 Å². The van der Waals surface area contributed by atoms with Crippen LogP contribution in [0.5, 0.6) is 0 Å². The van der Waals surface area contributed by atoms with Gasteiger partial charge in [-0.2, -0.15) is 13.1 Å². The molecule has 1 aromatic heterocycles. The van der Waals surface area contributed by atoms with E-state index < -0.39 is 10.0 Å². The van der Waals surface area contributed by atoms with Gasteiger partial charge in [0.1, 0.15) is 15.9 Å². The molecule has 1 saturated heterocycles. The van der Waals surface area contributed by atoms with Crippen molar-refractivity contribution in [3.63, 3.8) is 0 Å². The SMILES string of the molecule is N[C@H]1CCN(S(=O)(=O)c2cccc3nsnc23)C1. The lowest BCUT2D eigenvalue weighted by molar-refractivity contribution is 0.473. The molecule has 6 nitrogen and oxygen atoms in total. The first-order valence-corrected chi connectivity index (χ1v) is 7.73. The monoisotopic (exact) mass is 284 g/mol. The number of hydrogen-bond donors (Lipinski definition) is 1. The maximum Gasteiger partial charge on any atom is 0.245 e. The Kier molecular flexibility index (Phi) is 2.81. The van der Waals surface area contributed by atoms with Crippen LogP contribution in [0.2, 0.25) is 0 Å². The molecule has 1 fully saturated rings. The summed E-state index contributed by atoms with van der Waals surface area (Å²) in [6.07, 6.45) is 0.699. The van der Waals surface area contributed by atoms with E-state index in [2.05, 4.69) is 8.75 Å². The quantitative estimate of drug-likeness (QED) is 0.863. The third kappa shape index (κ3) is 1.81. The van der Waals surface area contributed by atoms with E-state index >= 15 is 0 Å². The van der Waals surface area contributed by atoms with Crippen LogP contribution < -0.4 is 5.73 Å². The smallest absolute Gasteiger partial charge is 0.245 e. The fraction of sp³-hybridized carbons (Fsp3) is 0.400. The largest absolute Gasteiger partial charge is 0.326 e. The Bertz CT molecular complexity index is 682. The van der Waals surface area contributed by atoms with Gasteiger partial charge < -0.3 is 5.73 Å². The van der Waals surface area contributed by atoms with E-state index in [9.17, 15) is 8.42 Å². The molecule has 1 aliphatic rings. The highest BCUT2D eigenvalue weighted by Crippen LogP contribution is 2.26. The van der Waals surface area contributed by atoms with Crippen LogP contribution in [0.25, 0.3) is 11.0 Å². The minimum atomic E-state index is -3.51. The maximum atomic E-state index is 12.5. The van der Waals surface area contributed by atoms with Gasteiger partial charge in [0, 0.05) is 19.1 Å². The molecule has 1 atom stereocenters. The molecule has 96 valence electrons. The molecule has 8 heteroatoms. The van der Waals surface area contributed by atoms with Crippen LogP contribution in [0.15, 0.2) is 23.1 Å². The Morgan fingerprint density at radius 2 is 2.22 bits per heavy atom. The van der Waals surface area contributed by atoms with E-state index in [1.165, 1.54) is 4.31 Å². The molecule has 0 bridgehead atoms. The zero-order valence-electron chi connectivity index (χ0n) is 9.48. The van der Waals surface area contributed by atoms with Crippen molar-refractivity contribution in [3.8, 4) is 0 Å². The number of nitrogens with zero attached hydrogens (tertiary/aromatic N) is 3. The summed E-state index contributed by atoms with van der Waals surface area (Å²) in [5.41, 5.74) is 6.82. The van der Waals surface area contributed by atoms with Gasteiger partial charge in [-0.15, -0.1) is 0 Å². The van der Waals surface area contributed by atoms with Crippen molar-refractivity contribution < 1.29 is 8.42 Å². The zero-order valence-corrected chi connectivity index (χ0v) is 11.1. The van der Waals surface area contributed by atoms with Crippen LogP contribution in [-0.4, -0.2) is 40.6 Å². The summed E-state index contributed by atoms with van der Waals surface area (Å²) >= 11 is 1.02. The van der Waals surface area contributed by atoms with E-state index in [1.54, 1.807) is 18.2 Å². The van der Waals surface area contributed by atoms with Gasteiger partial charge in [-0.3, -0.25) is 0 Å². The first kappa shape index (κ1) is 12.0. The number of aromatic nitrogens is 2. The van der Waals surface area contributed by atoms with Crippen LogP contribution >= 0.6 is 11.7 Å². The summed E-state index contributed by atoms with van der Waals surface area (Å²) < 4.78 is 34.5. The van der Waals surface area contributed by atoms with Gasteiger partial charge >= 0.3 is 0 Å². The number of hydrogen-bond acceptors (Lipinski definition) is 6. The highest BCUT2D eigenvalue weighted by atomic mass is 32.2. The normalized spacial score (nSPS) is 21.7. The van der Waals surface area contributed by atoms with Crippen molar-refractivity contribution in [3.05, 3.63) is 18.2 Å². The zero-order chi connectivity index (χ0) is 12.8. The minimum Gasteiger partial charge on any atom is -0.326 e. The average molecular weight is 284 g/mol. The topological polar surface area (TPSA) is 89.2 Å². The van der Waals surface area contributed by atoms with Crippen molar-refractivity contribution in [2.45, 2.75) is 17.4 Å². The van der Waals surface area contributed by atoms with Gasteiger partial charge in [-0.05, 0) is 18.6 Å². The lowest BCUT2D eigenvalue weighted by Gasteiger charge is -2.15. The molecule has 2 aromatic rings. The van der Waals surface area contributed by atoms with Crippen LogP contribution in [0.1, 0.15) is 6.42 Å². The summed E-state index contributed by atoms with van der Waals surface area (Å²) in [6.45, 7) is 0.841. The molecule has 2 N–H and O–H groups in total. The Morgan fingerprint density at radius 1 is 1.39 bits per heavy atom. The number of nitrogens with two attached hydrogens (primary N) is 1. The number of sulfonamides is 1. The average Bonchev–Trinajstić information content (AvgIpc) is 2.96. The van der Waals surface area contributed by atoms with E-state index in [4.69, 9.17) is 5.73 Å². The standard InChI is InChI=1S/C10H12N4O2S2/c11-7-4-5-14(6-7)18(15,16)9-3-1-2-8-10(9)13-17-12-8/h1-3,7H,4-6,11H2/t7-/m0/s1. The van der Waals surface area contributed by atoms with Gasteiger partial charge in [0.05, 0.1) is 11.7 Å². The lowest BCUT2D eigenvalue weighted by Crippen LogP contribution is -2.32. The summed E-state index contributed by atoms with van der Waals surface area (Å²) in [5.74, 6) is 0. The fourth-order valence-electron chi connectivity index (χ4n) is 2.10. The summed E-state index contributed by atoms with van der Waals surface area (Å²) in [7, 11) is -3.51. The van der Waals surface area contributed by atoms with Crippen molar-refractivity contribution in [2.24, 2.45) is 5.73 Å². The van der Waals surface area contributed by atoms with E-state index in [0.29, 0.717) is 30.5 Å². The fourth-order valence-corrected chi connectivity index (χ4v) is 4.37. The highest BCUT2D eigenvalue weighted by molar-refractivity contribution is 7.89. The maximum absolute atomic E-state index is 12.5. The molecule has 0 radical (unpaired) electrons. The number of rotatable bonds is 2. The van der Waals surface area contributed by atoms with E-state index in [0.717, 1.165) is 11.7 Å². The molecule has 0 saturated carbocycles. The van der Waals surface area contributed by atoms with E-state index in [1.807, 2.05) is 0 Å². The second-order valence-corrected chi connectivity index (χ2v) is 6.73. The molecule has 0 aliphatic carbocycles. The molecule has 0 spiro atoms. The van der Waals surface area contributed by atoms with Crippen molar-refractivity contribution in [1.29, 1.82) is 0 Å². The summed E-state index contributed by atoms with van der Waals surface area (Å²) in [5, 5.41) is 0. The first-order valence-electron chi connectivity index (χ1n) is 5.56. The molecule has 0 unspecified atom stereocenters. The Hall–Kier alpha value is -1.09. The Morgan fingerprint density at radius 3 is 2.94 bits per heavy atom. The molecule has 3 rings (SSSR count). The van der Waals surface area contributed by atoms with Gasteiger partial charge in [-0.1, -0.05) is 6.07 Å². The van der Waals surface area contributed by atoms with Gasteiger partial charge in [0.25, 0.3) is 0 Å². The van der Waals surface area contributed by atoms with Crippen molar-refractivity contribution in [2.75, 3.05) is 13.1 Å². The molecule has 1 aliphatic heterocycles. The molecule has 1 aromatic carbocycles. The number of benzene rings is 1. The third-order valence-electron chi connectivity index (χ3n) is 3.05. The predicted molar refractivity (Wildman–Crippen MR) is 68.8 cm³/mol. The second kappa shape index (κ2) is 4.23. The Balaban J connectivity index is 2.11. The minimum absolute atomic E-state index is 0.0764. The van der Waals surface area contributed by atoms with Crippen molar-refractivity contribution >= 4 is 32.8 Å². The van der Waals surface area contributed by atoms with Crippen LogP contribution in [0.3, 0.4) is 0 Å². The number of fused-ring (bicyclic) bond motifs is 1. The molecule has 18 heavy (non-hydrogen) atoms. The third-order valence-corrected chi connectivity index (χ3v) is 5.49. The van der Waals surface area contributed by atoms with Gasteiger partial charge in [0.15, 0.2) is 0 Å². The predicted octanol–water partition coefficient (Wildman–Crippen LogP) is 0.413. The summed E-state index contributed by atoms with van der Waals surface area (Å²) in [4.78, 5) is 0.225. The lowest BCUT2D eigenvalue weighted by atomic mass is 10.3. The molecule has 0 amide bonds. The first-order chi connectivity index (χ1) is 8.59.